The summed E-state index contributed by atoms with van der Waals surface area (Å²) in [5.41, 5.74) is 7.62. The minimum Gasteiger partial charge on any atom is -0.323 e. The zero-order chi connectivity index (χ0) is 9.59. The first kappa shape index (κ1) is 9.22. The molecular formula is C11H17NS. The van der Waals surface area contributed by atoms with E-state index < -0.39 is 0 Å². The topological polar surface area (TPSA) is 26.0 Å². The van der Waals surface area contributed by atoms with Crippen molar-refractivity contribution < 1.29 is 0 Å². The minimum atomic E-state index is 0.299. The van der Waals surface area contributed by atoms with Crippen LogP contribution in [-0.2, 0) is 6.42 Å². The summed E-state index contributed by atoms with van der Waals surface area (Å²) >= 11 is 1.92. The standard InChI is InChI=1S/C11H17NS/c1-6(2)9-5-8-4-7(3)10(12)11(8)13-9/h5-7,10H,4,12H2,1-3H3. The Labute approximate surface area is 84.0 Å². The van der Waals surface area contributed by atoms with E-state index in [9.17, 15) is 0 Å². The zero-order valence-corrected chi connectivity index (χ0v) is 9.32. The van der Waals surface area contributed by atoms with E-state index in [1.54, 1.807) is 0 Å². The van der Waals surface area contributed by atoms with Gasteiger partial charge in [-0.2, -0.15) is 0 Å². The lowest BCUT2D eigenvalue weighted by Gasteiger charge is -2.09. The highest BCUT2D eigenvalue weighted by Gasteiger charge is 2.28. The van der Waals surface area contributed by atoms with Crippen molar-refractivity contribution in [3.05, 3.63) is 21.4 Å². The lowest BCUT2D eigenvalue weighted by Crippen LogP contribution is -2.12. The molecule has 2 N–H and O–H groups in total. The number of nitrogens with two attached hydrogens (primary N) is 1. The number of hydrogen-bond acceptors (Lipinski definition) is 2. The van der Waals surface area contributed by atoms with E-state index in [0.717, 1.165) is 0 Å². The van der Waals surface area contributed by atoms with Crippen LogP contribution in [0.5, 0.6) is 0 Å². The molecule has 2 rings (SSSR count). The molecule has 0 saturated heterocycles. The SMILES string of the molecule is CC(C)c1cc2c(s1)C(N)C(C)C2. The Morgan fingerprint density at radius 2 is 2.23 bits per heavy atom. The molecule has 0 aliphatic heterocycles. The van der Waals surface area contributed by atoms with E-state index in [-0.39, 0.29) is 0 Å². The zero-order valence-electron chi connectivity index (χ0n) is 8.50. The lowest BCUT2D eigenvalue weighted by atomic mass is 10.1. The Hall–Kier alpha value is -0.340. The fraction of sp³-hybridized carbons (Fsp3) is 0.636. The van der Waals surface area contributed by atoms with Crippen molar-refractivity contribution in [3.63, 3.8) is 0 Å². The maximum Gasteiger partial charge on any atom is 0.0421 e. The van der Waals surface area contributed by atoms with Crippen LogP contribution >= 0.6 is 11.3 Å². The average molecular weight is 195 g/mol. The van der Waals surface area contributed by atoms with Crippen LogP contribution in [0.1, 0.15) is 48.0 Å². The molecule has 0 bridgehead atoms. The van der Waals surface area contributed by atoms with Crippen molar-refractivity contribution in [1.29, 1.82) is 0 Å². The third-order valence-corrected chi connectivity index (χ3v) is 4.47. The van der Waals surface area contributed by atoms with E-state index in [1.165, 1.54) is 21.7 Å². The number of hydrogen-bond donors (Lipinski definition) is 1. The number of rotatable bonds is 1. The van der Waals surface area contributed by atoms with E-state index in [1.807, 2.05) is 11.3 Å². The maximum absolute atomic E-state index is 6.11. The van der Waals surface area contributed by atoms with Gasteiger partial charge in [0.25, 0.3) is 0 Å². The molecule has 0 fully saturated rings. The third-order valence-electron chi connectivity index (χ3n) is 2.89. The molecule has 1 nitrogen and oxygen atoms in total. The van der Waals surface area contributed by atoms with Gasteiger partial charge in [0, 0.05) is 15.8 Å². The van der Waals surface area contributed by atoms with E-state index in [4.69, 9.17) is 5.73 Å². The Morgan fingerprint density at radius 1 is 1.54 bits per heavy atom. The first-order chi connectivity index (χ1) is 6.09. The summed E-state index contributed by atoms with van der Waals surface area (Å²) < 4.78 is 0. The van der Waals surface area contributed by atoms with Gasteiger partial charge in [-0.1, -0.05) is 20.8 Å². The molecule has 0 amide bonds. The summed E-state index contributed by atoms with van der Waals surface area (Å²) in [4.78, 5) is 2.93. The van der Waals surface area contributed by atoms with Crippen molar-refractivity contribution in [3.8, 4) is 0 Å². The van der Waals surface area contributed by atoms with Gasteiger partial charge >= 0.3 is 0 Å². The van der Waals surface area contributed by atoms with E-state index in [0.29, 0.717) is 17.9 Å². The molecule has 72 valence electrons. The van der Waals surface area contributed by atoms with Crippen LogP contribution in [0.3, 0.4) is 0 Å². The fourth-order valence-corrected chi connectivity index (χ4v) is 3.26. The summed E-state index contributed by atoms with van der Waals surface area (Å²) in [6.07, 6.45) is 1.18. The molecule has 2 atom stereocenters. The normalized spacial score (nSPS) is 26.8. The van der Waals surface area contributed by atoms with Gasteiger partial charge in [0.05, 0.1) is 0 Å². The minimum absolute atomic E-state index is 0.299. The summed E-state index contributed by atoms with van der Waals surface area (Å²) in [6, 6.07) is 2.65. The van der Waals surface area contributed by atoms with Gasteiger partial charge in [0.1, 0.15) is 0 Å². The van der Waals surface area contributed by atoms with Crippen molar-refractivity contribution in [2.45, 2.75) is 39.2 Å². The molecule has 1 aliphatic carbocycles. The third kappa shape index (κ3) is 1.42. The molecule has 13 heavy (non-hydrogen) atoms. The second-order valence-corrected chi connectivity index (χ2v) is 5.52. The number of fused-ring (bicyclic) bond motifs is 1. The fourth-order valence-electron chi connectivity index (χ4n) is 1.92. The molecule has 1 aromatic rings. The van der Waals surface area contributed by atoms with Crippen molar-refractivity contribution in [2.24, 2.45) is 11.7 Å². The maximum atomic E-state index is 6.11. The Balaban J connectivity index is 2.35. The van der Waals surface area contributed by atoms with Gasteiger partial charge in [0.2, 0.25) is 0 Å². The monoisotopic (exact) mass is 195 g/mol. The van der Waals surface area contributed by atoms with Crippen molar-refractivity contribution in [2.75, 3.05) is 0 Å². The number of thiophene rings is 1. The Morgan fingerprint density at radius 3 is 2.77 bits per heavy atom. The molecule has 0 spiro atoms. The summed E-state index contributed by atoms with van der Waals surface area (Å²) in [7, 11) is 0. The van der Waals surface area contributed by atoms with Crippen LogP contribution in [0.2, 0.25) is 0 Å². The van der Waals surface area contributed by atoms with Crippen LogP contribution in [0.15, 0.2) is 6.07 Å². The molecule has 1 aliphatic rings. The van der Waals surface area contributed by atoms with Gasteiger partial charge < -0.3 is 5.73 Å². The highest BCUT2D eigenvalue weighted by molar-refractivity contribution is 7.12. The van der Waals surface area contributed by atoms with Gasteiger partial charge in [0.15, 0.2) is 0 Å². The summed E-state index contributed by atoms with van der Waals surface area (Å²) in [6.45, 7) is 6.73. The second kappa shape index (κ2) is 3.10. The molecule has 2 unspecified atom stereocenters. The Bertz CT molecular complexity index is 314. The molecule has 1 heterocycles. The van der Waals surface area contributed by atoms with Gasteiger partial charge in [-0.05, 0) is 29.9 Å². The average Bonchev–Trinajstić information content (AvgIpc) is 2.55. The lowest BCUT2D eigenvalue weighted by molar-refractivity contribution is 0.516. The van der Waals surface area contributed by atoms with Gasteiger partial charge in [-0.3, -0.25) is 0 Å². The summed E-state index contributed by atoms with van der Waals surface area (Å²) in [5.74, 6) is 1.29. The van der Waals surface area contributed by atoms with Crippen LogP contribution in [0.4, 0.5) is 0 Å². The highest BCUT2D eigenvalue weighted by atomic mass is 32.1. The smallest absolute Gasteiger partial charge is 0.0421 e. The van der Waals surface area contributed by atoms with E-state index >= 15 is 0 Å². The predicted molar refractivity (Wildman–Crippen MR) is 58.2 cm³/mol. The van der Waals surface area contributed by atoms with Crippen LogP contribution in [0.25, 0.3) is 0 Å². The van der Waals surface area contributed by atoms with Crippen LogP contribution < -0.4 is 5.73 Å². The van der Waals surface area contributed by atoms with Gasteiger partial charge in [-0.25, -0.2) is 0 Å². The van der Waals surface area contributed by atoms with Gasteiger partial charge in [-0.15, -0.1) is 11.3 Å². The molecule has 1 aromatic heterocycles. The second-order valence-electron chi connectivity index (χ2n) is 4.40. The summed E-state index contributed by atoms with van der Waals surface area (Å²) in [5, 5.41) is 0. The van der Waals surface area contributed by atoms with Crippen molar-refractivity contribution in [1.82, 2.24) is 0 Å². The van der Waals surface area contributed by atoms with Crippen LogP contribution in [-0.4, -0.2) is 0 Å². The first-order valence-corrected chi connectivity index (χ1v) is 5.79. The molecular weight excluding hydrogens is 178 g/mol. The Kier molecular flexibility index (Phi) is 2.20. The van der Waals surface area contributed by atoms with Crippen LogP contribution in [0, 0.1) is 5.92 Å². The molecule has 2 heteroatoms. The molecule has 0 saturated carbocycles. The quantitative estimate of drug-likeness (QED) is 0.732. The predicted octanol–water partition coefficient (Wildman–Crippen LogP) is 3.06. The highest BCUT2D eigenvalue weighted by Crippen LogP contribution is 2.41. The molecule has 0 aromatic carbocycles. The van der Waals surface area contributed by atoms with E-state index in [2.05, 4.69) is 26.8 Å². The van der Waals surface area contributed by atoms with Crippen molar-refractivity contribution >= 4 is 11.3 Å². The first-order valence-electron chi connectivity index (χ1n) is 4.97. The largest absolute Gasteiger partial charge is 0.323 e. The molecule has 0 radical (unpaired) electrons.